The fourth-order valence-electron chi connectivity index (χ4n) is 1.60. The number of amides is 1. The largest absolute Gasteiger partial charge is 0.396 e. The number of carbonyl (C=O) groups excluding carboxylic acids is 1. The first-order chi connectivity index (χ1) is 9.10. The summed E-state index contributed by atoms with van der Waals surface area (Å²) in [5.74, 6) is -0.645. The van der Waals surface area contributed by atoms with Crippen LogP contribution >= 0.6 is 11.6 Å². The highest BCUT2D eigenvalue weighted by atomic mass is 35.5. The van der Waals surface area contributed by atoms with Crippen LogP contribution < -0.4 is 11.1 Å². The molecule has 2 rings (SSSR count). The van der Waals surface area contributed by atoms with E-state index in [4.69, 9.17) is 17.3 Å². The Morgan fingerprint density at radius 1 is 1.26 bits per heavy atom. The van der Waals surface area contributed by atoms with Gasteiger partial charge in [0.1, 0.15) is 5.82 Å². The van der Waals surface area contributed by atoms with Crippen LogP contribution in [0.2, 0.25) is 0 Å². The monoisotopic (exact) mass is 278 g/mol. The maximum Gasteiger partial charge on any atom is 0.255 e. The average molecular weight is 279 g/mol. The van der Waals surface area contributed by atoms with Crippen LogP contribution in [-0.4, -0.2) is 5.91 Å². The molecule has 0 radical (unpaired) electrons. The quantitative estimate of drug-likeness (QED) is 0.668. The molecule has 0 aliphatic rings. The number of rotatable bonds is 3. The van der Waals surface area contributed by atoms with Gasteiger partial charge in [0.15, 0.2) is 0 Å². The van der Waals surface area contributed by atoms with Gasteiger partial charge in [0.2, 0.25) is 0 Å². The zero-order valence-electron chi connectivity index (χ0n) is 9.99. The third-order valence-corrected chi connectivity index (χ3v) is 2.91. The van der Waals surface area contributed by atoms with Crippen molar-refractivity contribution in [2.75, 3.05) is 11.1 Å². The number of nitrogen functional groups attached to an aromatic ring is 1. The number of alkyl halides is 1. The summed E-state index contributed by atoms with van der Waals surface area (Å²) >= 11 is 5.71. The number of hydrogen-bond donors (Lipinski definition) is 2. The van der Waals surface area contributed by atoms with Gasteiger partial charge in [-0.15, -0.1) is 11.6 Å². The molecule has 2 aromatic rings. The van der Waals surface area contributed by atoms with E-state index in [1.54, 1.807) is 18.2 Å². The molecule has 0 aromatic heterocycles. The van der Waals surface area contributed by atoms with Crippen molar-refractivity contribution in [2.45, 2.75) is 5.88 Å². The second-order valence-electron chi connectivity index (χ2n) is 4.02. The highest BCUT2D eigenvalue weighted by Gasteiger charge is 2.09. The van der Waals surface area contributed by atoms with Gasteiger partial charge < -0.3 is 11.1 Å². The Bertz CT molecular complexity index is 616. The number of hydrogen-bond acceptors (Lipinski definition) is 2. The van der Waals surface area contributed by atoms with E-state index in [0.29, 0.717) is 11.6 Å². The van der Waals surface area contributed by atoms with Crippen LogP contribution in [0.4, 0.5) is 15.8 Å². The highest BCUT2D eigenvalue weighted by molar-refractivity contribution is 6.17. The third kappa shape index (κ3) is 3.23. The van der Waals surface area contributed by atoms with Crippen molar-refractivity contribution >= 4 is 28.9 Å². The van der Waals surface area contributed by atoms with Crippen LogP contribution in [0.5, 0.6) is 0 Å². The summed E-state index contributed by atoms with van der Waals surface area (Å²) in [6, 6.07) is 11.1. The lowest BCUT2D eigenvalue weighted by Crippen LogP contribution is -2.12. The van der Waals surface area contributed by atoms with Crippen molar-refractivity contribution < 1.29 is 9.18 Å². The first-order valence-electron chi connectivity index (χ1n) is 5.61. The standard InChI is InChI=1S/C14H12ClFN2O/c15-8-9-2-1-3-11(6-9)18-14(19)10-4-5-13(17)12(16)7-10/h1-7H,8,17H2,(H,18,19). The van der Waals surface area contributed by atoms with Crippen LogP contribution in [0, 0.1) is 5.82 Å². The number of anilines is 2. The van der Waals surface area contributed by atoms with Crippen molar-refractivity contribution in [3.63, 3.8) is 0 Å². The Kier molecular flexibility index (Phi) is 4.02. The molecule has 98 valence electrons. The molecule has 2 aromatic carbocycles. The number of carbonyl (C=O) groups is 1. The van der Waals surface area contributed by atoms with E-state index in [-0.39, 0.29) is 11.3 Å². The lowest BCUT2D eigenvalue weighted by Gasteiger charge is -2.07. The van der Waals surface area contributed by atoms with Gasteiger partial charge in [-0.05, 0) is 35.9 Å². The number of halogens is 2. The van der Waals surface area contributed by atoms with Crippen LogP contribution in [0.15, 0.2) is 42.5 Å². The molecule has 0 bridgehead atoms. The van der Waals surface area contributed by atoms with Gasteiger partial charge in [-0.25, -0.2) is 4.39 Å². The summed E-state index contributed by atoms with van der Waals surface area (Å²) in [4.78, 5) is 11.9. The van der Waals surface area contributed by atoms with Crippen LogP contribution in [-0.2, 0) is 5.88 Å². The zero-order chi connectivity index (χ0) is 13.8. The van der Waals surface area contributed by atoms with Gasteiger partial charge in [-0.2, -0.15) is 0 Å². The molecule has 0 unspecified atom stereocenters. The molecular weight excluding hydrogens is 267 g/mol. The molecule has 19 heavy (non-hydrogen) atoms. The molecule has 0 saturated heterocycles. The smallest absolute Gasteiger partial charge is 0.255 e. The fraction of sp³-hybridized carbons (Fsp3) is 0.0714. The summed E-state index contributed by atoms with van der Waals surface area (Å²) in [6.07, 6.45) is 0. The molecule has 0 heterocycles. The van der Waals surface area contributed by atoms with E-state index < -0.39 is 11.7 Å². The van der Waals surface area contributed by atoms with Gasteiger partial charge in [0.25, 0.3) is 5.91 Å². The summed E-state index contributed by atoms with van der Waals surface area (Å²) in [5, 5.41) is 2.67. The lowest BCUT2D eigenvalue weighted by molar-refractivity contribution is 0.102. The third-order valence-electron chi connectivity index (χ3n) is 2.60. The summed E-state index contributed by atoms with van der Waals surface area (Å²) in [7, 11) is 0. The molecule has 3 nitrogen and oxygen atoms in total. The molecule has 0 aliphatic carbocycles. The van der Waals surface area contributed by atoms with Gasteiger partial charge in [-0.3, -0.25) is 4.79 Å². The molecule has 0 spiro atoms. The van der Waals surface area contributed by atoms with E-state index in [0.717, 1.165) is 11.6 Å². The molecule has 0 saturated carbocycles. The van der Waals surface area contributed by atoms with Crippen LogP contribution in [0.1, 0.15) is 15.9 Å². The Morgan fingerprint density at radius 3 is 2.74 bits per heavy atom. The van der Waals surface area contributed by atoms with E-state index >= 15 is 0 Å². The zero-order valence-corrected chi connectivity index (χ0v) is 10.7. The average Bonchev–Trinajstić information content (AvgIpc) is 2.42. The number of nitrogens with one attached hydrogen (secondary N) is 1. The maximum absolute atomic E-state index is 13.3. The van der Waals surface area contributed by atoms with Crippen LogP contribution in [0.3, 0.4) is 0 Å². The molecule has 0 atom stereocenters. The van der Waals surface area contributed by atoms with Crippen molar-refractivity contribution in [3.05, 3.63) is 59.4 Å². The molecule has 1 amide bonds. The van der Waals surface area contributed by atoms with Crippen molar-refractivity contribution in [3.8, 4) is 0 Å². The predicted molar refractivity (Wildman–Crippen MR) is 74.8 cm³/mol. The molecule has 5 heteroatoms. The fourth-order valence-corrected chi connectivity index (χ4v) is 1.77. The Morgan fingerprint density at radius 2 is 2.05 bits per heavy atom. The minimum absolute atomic E-state index is 0.0145. The summed E-state index contributed by atoms with van der Waals surface area (Å²) < 4.78 is 13.3. The van der Waals surface area contributed by atoms with Gasteiger partial charge in [0, 0.05) is 17.1 Å². The van der Waals surface area contributed by atoms with Crippen molar-refractivity contribution in [1.29, 1.82) is 0 Å². The van der Waals surface area contributed by atoms with Gasteiger partial charge in [0.05, 0.1) is 5.69 Å². The van der Waals surface area contributed by atoms with E-state index in [1.807, 2.05) is 6.07 Å². The lowest BCUT2D eigenvalue weighted by atomic mass is 10.1. The van der Waals surface area contributed by atoms with E-state index in [1.165, 1.54) is 12.1 Å². The SMILES string of the molecule is Nc1ccc(C(=O)Nc2cccc(CCl)c2)cc1F. The molecule has 3 N–H and O–H groups in total. The predicted octanol–water partition coefficient (Wildman–Crippen LogP) is 3.40. The number of benzene rings is 2. The van der Waals surface area contributed by atoms with Crippen molar-refractivity contribution in [1.82, 2.24) is 0 Å². The second kappa shape index (κ2) is 5.71. The summed E-state index contributed by atoms with van der Waals surface area (Å²) in [5.41, 5.74) is 7.09. The van der Waals surface area contributed by atoms with Gasteiger partial charge in [-0.1, -0.05) is 12.1 Å². The van der Waals surface area contributed by atoms with Gasteiger partial charge >= 0.3 is 0 Å². The second-order valence-corrected chi connectivity index (χ2v) is 4.29. The maximum atomic E-state index is 13.3. The first kappa shape index (κ1) is 13.4. The Hall–Kier alpha value is -2.07. The molecule has 0 aliphatic heterocycles. The minimum atomic E-state index is -0.609. The van der Waals surface area contributed by atoms with E-state index in [2.05, 4.69) is 5.32 Å². The summed E-state index contributed by atoms with van der Waals surface area (Å²) in [6.45, 7) is 0. The van der Waals surface area contributed by atoms with Crippen LogP contribution in [0.25, 0.3) is 0 Å². The minimum Gasteiger partial charge on any atom is -0.396 e. The van der Waals surface area contributed by atoms with E-state index in [9.17, 15) is 9.18 Å². The first-order valence-corrected chi connectivity index (χ1v) is 6.15. The van der Waals surface area contributed by atoms with Crippen molar-refractivity contribution in [2.24, 2.45) is 0 Å². The topological polar surface area (TPSA) is 55.1 Å². The molecular formula is C14H12ClFN2O. The normalized spacial score (nSPS) is 10.2. The Balaban J connectivity index is 2.18. The Labute approximate surface area is 115 Å². The molecule has 0 fully saturated rings. The highest BCUT2D eigenvalue weighted by Crippen LogP contribution is 2.16. The number of nitrogens with two attached hydrogens (primary N) is 1.